The second kappa shape index (κ2) is 8.25. The lowest BCUT2D eigenvalue weighted by atomic mass is 9.91. The van der Waals surface area contributed by atoms with Crippen molar-refractivity contribution < 1.29 is 13.6 Å². The highest BCUT2D eigenvalue weighted by Crippen LogP contribution is 2.27. The standard InChI is InChI=1S/C22H22F2N4O3/c1-11-15(6-5-7-25-11)26-16-17(19(30)18(16)29)27-21(22(2,3)4)28-20(31)12-8-13(23)10-14(24)9-12/h5-10,21,26-27H,1-4H3,(H,28,31). The highest BCUT2D eigenvalue weighted by atomic mass is 19.1. The first-order chi connectivity index (χ1) is 14.5. The topological polar surface area (TPSA) is 100 Å². The van der Waals surface area contributed by atoms with Crippen LogP contribution < -0.4 is 26.8 Å². The van der Waals surface area contributed by atoms with Gasteiger partial charge in [-0.3, -0.25) is 19.4 Å². The first-order valence-corrected chi connectivity index (χ1v) is 9.53. The predicted octanol–water partition coefficient (Wildman–Crippen LogP) is 3.22. The smallest absolute Gasteiger partial charge is 0.253 e. The fraction of sp³-hybridized carbons (Fsp3) is 0.273. The molecule has 0 fully saturated rings. The van der Waals surface area contributed by atoms with Crippen molar-refractivity contribution in [2.75, 3.05) is 10.6 Å². The minimum atomic E-state index is -0.883. The van der Waals surface area contributed by atoms with E-state index in [1.807, 2.05) is 0 Å². The Bertz CT molecular complexity index is 1190. The number of aromatic nitrogens is 1. The van der Waals surface area contributed by atoms with Crippen molar-refractivity contribution >= 4 is 23.0 Å². The SMILES string of the molecule is Cc1ncccc1Nc1c(NC(NC(=O)c2cc(F)cc(F)c2)C(C)(C)C)c(=O)c1=O. The molecule has 9 heteroatoms. The molecule has 1 amide bonds. The molecule has 0 aliphatic carbocycles. The molecule has 3 N–H and O–H groups in total. The summed E-state index contributed by atoms with van der Waals surface area (Å²) in [6, 6.07) is 5.88. The zero-order chi connectivity index (χ0) is 22.9. The summed E-state index contributed by atoms with van der Waals surface area (Å²) in [6.45, 7) is 7.13. The van der Waals surface area contributed by atoms with Crippen LogP contribution >= 0.6 is 0 Å². The summed E-state index contributed by atoms with van der Waals surface area (Å²) in [5.41, 5.74) is -0.994. The predicted molar refractivity (Wildman–Crippen MR) is 114 cm³/mol. The maximum absolute atomic E-state index is 13.5. The molecule has 0 aliphatic rings. The van der Waals surface area contributed by atoms with Crippen LogP contribution in [0.4, 0.5) is 25.8 Å². The molecular weight excluding hydrogens is 406 g/mol. The Morgan fingerprint density at radius 1 is 1.03 bits per heavy atom. The van der Waals surface area contributed by atoms with Gasteiger partial charge in [-0.1, -0.05) is 20.8 Å². The van der Waals surface area contributed by atoms with Crippen molar-refractivity contribution in [1.82, 2.24) is 10.3 Å². The maximum Gasteiger partial charge on any atom is 0.253 e. The van der Waals surface area contributed by atoms with Crippen LogP contribution in [0, 0.1) is 24.0 Å². The molecule has 0 saturated heterocycles. The molecule has 3 aromatic rings. The van der Waals surface area contributed by atoms with Gasteiger partial charge in [0.2, 0.25) is 0 Å². The molecular formula is C22H22F2N4O3. The first-order valence-electron chi connectivity index (χ1n) is 9.53. The Balaban J connectivity index is 1.87. The first kappa shape index (κ1) is 22.1. The molecule has 1 atom stereocenters. The van der Waals surface area contributed by atoms with Crippen LogP contribution in [0.3, 0.4) is 0 Å². The summed E-state index contributed by atoms with van der Waals surface area (Å²) < 4.78 is 27.0. The van der Waals surface area contributed by atoms with Gasteiger partial charge in [0, 0.05) is 23.2 Å². The summed E-state index contributed by atoms with van der Waals surface area (Å²) >= 11 is 0. The van der Waals surface area contributed by atoms with Crippen molar-refractivity contribution in [3.05, 3.63) is 79.9 Å². The number of rotatable bonds is 6. The van der Waals surface area contributed by atoms with E-state index in [1.54, 1.807) is 46.0 Å². The molecule has 0 saturated carbocycles. The fourth-order valence-electron chi connectivity index (χ4n) is 2.91. The third-order valence-corrected chi connectivity index (χ3v) is 4.73. The van der Waals surface area contributed by atoms with Crippen molar-refractivity contribution in [3.8, 4) is 0 Å². The van der Waals surface area contributed by atoms with E-state index in [9.17, 15) is 23.2 Å². The van der Waals surface area contributed by atoms with Crippen LogP contribution in [0.2, 0.25) is 0 Å². The molecule has 162 valence electrons. The molecule has 0 radical (unpaired) electrons. The van der Waals surface area contributed by atoms with Gasteiger partial charge in [0.1, 0.15) is 29.2 Å². The Kier molecular flexibility index (Phi) is 5.88. The second-order valence-corrected chi connectivity index (χ2v) is 8.24. The monoisotopic (exact) mass is 428 g/mol. The van der Waals surface area contributed by atoms with Gasteiger partial charge in [0.15, 0.2) is 0 Å². The number of benzene rings is 1. The number of hydrogen-bond donors (Lipinski definition) is 3. The lowest BCUT2D eigenvalue weighted by Crippen LogP contribution is -2.51. The van der Waals surface area contributed by atoms with E-state index >= 15 is 0 Å². The summed E-state index contributed by atoms with van der Waals surface area (Å²) in [4.78, 5) is 41.1. The number of carbonyl (C=O) groups excluding carboxylic acids is 1. The Labute approximate surface area is 177 Å². The number of hydrogen-bond acceptors (Lipinski definition) is 6. The zero-order valence-electron chi connectivity index (χ0n) is 17.5. The normalized spacial score (nSPS) is 12.5. The van der Waals surface area contributed by atoms with Gasteiger partial charge >= 0.3 is 0 Å². The van der Waals surface area contributed by atoms with Gasteiger partial charge in [-0.25, -0.2) is 8.78 Å². The van der Waals surface area contributed by atoms with Crippen LogP contribution in [0.1, 0.15) is 36.8 Å². The molecule has 0 aliphatic heterocycles. The number of anilines is 3. The molecule has 7 nitrogen and oxygen atoms in total. The number of nitrogens with one attached hydrogen (secondary N) is 3. The average molecular weight is 428 g/mol. The maximum atomic E-state index is 13.5. The molecule has 1 aromatic heterocycles. The number of carbonyl (C=O) groups is 1. The summed E-state index contributed by atoms with van der Waals surface area (Å²) in [5.74, 6) is -2.50. The van der Waals surface area contributed by atoms with Gasteiger partial charge in [-0.05, 0) is 31.2 Å². The van der Waals surface area contributed by atoms with Gasteiger partial charge in [0.25, 0.3) is 16.8 Å². The van der Waals surface area contributed by atoms with E-state index in [4.69, 9.17) is 0 Å². The van der Waals surface area contributed by atoms with Gasteiger partial charge in [-0.2, -0.15) is 0 Å². The fourth-order valence-corrected chi connectivity index (χ4v) is 2.91. The highest BCUT2D eigenvalue weighted by Gasteiger charge is 2.31. The molecule has 31 heavy (non-hydrogen) atoms. The van der Waals surface area contributed by atoms with Crippen molar-refractivity contribution in [2.24, 2.45) is 5.41 Å². The van der Waals surface area contributed by atoms with Crippen LogP contribution in [0.15, 0.2) is 46.1 Å². The quantitative estimate of drug-likeness (QED) is 0.412. The average Bonchev–Trinajstić information content (AvgIpc) is 2.68. The largest absolute Gasteiger partial charge is 0.360 e. The Morgan fingerprint density at radius 3 is 2.23 bits per heavy atom. The van der Waals surface area contributed by atoms with Crippen LogP contribution in [-0.2, 0) is 0 Å². The van der Waals surface area contributed by atoms with E-state index < -0.39 is 40.0 Å². The highest BCUT2D eigenvalue weighted by molar-refractivity contribution is 5.94. The van der Waals surface area contributed by atoms with Crippen molar-refractivity contribution in [1.29, 1.82) is 0 Å². The number of amides is 1. The number of halogens is 2. The van der Waals surface area contributed by atoms with Crippen molar-refractivity contribution in [3.63, 3.8) is 0 Å². The third kappa shape index (κ3) is 4.76. The van der Waals surface area contributed by atoms with E-state index in [1.165, 1.54) is 0 Å². The summed E-state index contributed by atoms with van der Waals surface area (Å²) in [6.07, 6.45) is 0.771. The molecule has 0 bridgehead atoms. The molecule has 1 heterocycles. The van der Waals surface area contributed by atoms with Crippen LogP contribution in [0.5, 0.6) is 0 Å². The Hall–Kier alpha value is -3.62. The van der Waals surface area contributed by atoms with Crippen LogP contribution in [0.25, 0.3) is 0 Å². The van der Waals surface area contributed by atoms with E-state index in [0.29, 0.717) is 17.4 Å². The second-order valence-electron chi connectivity index (χ2n) is 8.24. The van der Waals surface area contributed by atoms with Gasteiger partial charge in [-0.15, -0.1) is 0 Å². The van der Waals surface area contributed by atoms with Crippen molar-refractivity contribution in [2.45, 2.75) is 33.9 Å². The summed E-state index contributed by atoms with van der Waals surface area (Å²) in [7, 11) is 0. The number of aryl methyl sites for hydroxylation is 1. The Morgan fingerprint density at radius 2 is 1.65 bits per heavy atom. The van der Waals surface area contributed by atoms with Crippen LogP contribution in [-0.4, -0.2) is 17.1 Å². The third-order valence-electron chi connectivity index (χ3n) is 4.73. The molecule has 2 aromatic carbocycles. The molecule has 3 rings (SSSR count). The van der Waals surface area contributed by atoms with Gasteiger partial charge in [0.05, 0.1) is 11.4 Å². The lowest BCUT2D eigenvalue weighted by Gasteiger charge is -2.33. The minimum Gasteiger partial charge on any atom is -0.360 e. The lowest BCUT2D eigenvalue weighted by molar-refractivity contribution is 0.0912. The molecule has 0 spiro atoms. The number of pyridine rings is 1. The van der Waals surface area contributed by atoms with E-state index in [0.717, 1.165) is 12.1 Å². The zero-order valence-corrected chi connectivity index (χ0v) is 17.5. The van der Waals surface area contributed by atoms with E-state index in [2.05, 4.69) is 20.9 Å². The molecule has 1 unspecified atom stereocenters. The summed E-state index contributed by atoms with van der Waals surface area (Å²) in [5, 5.41) is 8.44. The number of nitrogens with zero attached hydrogens (tertiary/aromatic N) is 1. The van der Waals surface area contributed by atoms with Gasteiger partial charge < -0.3 is 16.0 Å². The minimum absolute atomic E-state index is 0.0129. The van der Waals surface area contributed by atoms with E-state index in [-0.39, 0.29) is 16.9 Å².